The second kappa shape index (κ2) is 10.0. The Labute approximate surface area is 185 Å². The van der Waals surface area contributed by atoms with E-state index in [1.54, 1.807) is 32.4 Å². The maximum atomic E-state index is 12.6. The van der Waals surface area contributed by atoms with Crippen LogP contribution in [0.4, 0.5) is 0 Å². The minimum atomic E-state index is -0.387. The second-order valence-corrected chi connectivity index (χ2v) is 7.58. The largest absolute Gasteiger partial charge is 0.493 e. The van der Waals surface area contributed by atoms with Gasteiger partial charge >= 0.3 is 0 Å². The number of terminal acetylenes is 1. The van der Waals surface area contributed by atoms with Gasteiger partial charge in [-0.2, -0.15) is 4.99 Å². The van der Waals surface area contributed by atoms with Gasteiger partial charge in [0.2, 0.25) is 5.75 Å². The van der Waals surface area contributed by atoms with Crippen molar-refractivity contribution in [2.45, 2.75) is 19.9 Å². The van der Waals surface area contributed by atoms with Gasteiger partial charge in [-0.25, -0.2) is 0 Å². The minimum Gasteiger partial charge on any atom is -0.493 e. The molecular formula is C24H24N2O4S. The molecule has 1 aromatic heterocycles. The van der Waals surface area contributed by atoms with Crippen LogP contribution in [-0.4, -0.2) is 31.8 Å². The topological polar surface area (TPSA) is 62.1 Å². The van der Waals surface area contributed by atoms with Crippen LogP contribution in [0.2, 0.25) is 0 Å². The van der Waals surface area contributed by atoms with E-state index in [-0.39, 0.29) is 5.91 Å². The molecule has 2 aromatic carbocycles. The maximum absolute atomic E-state index is 12.6. The van der Waals surface area contributed by atoms with Crippen molar-refractivity contribution in [3.05, 3.63) is 52.3 Å². The summed E-state index contributed by atoms with van der Waals surface area (Å²) in [5, 5.41) is 0. The number of hydrogen-bond donors (Lipinski definition) is 0. The highest BCUT2D eigenvalue weighted by molar-refractivity contribution is 7.16. The van der Waals surface area contributed by atoms with Gasteiger partial charge < -0.3 is 18.8 Å². The van der Waals surface area contributed by atoms with E-state index >= 15 is 0 Å². The molecule has 0 saturated carbocycles. The number of nitrogens with zero attached hydrogens (tertiary/aromatic N) is 2. The Morgan fingerprint density at radius 3 is 2.45 bits per heavy atom. The number of rotatable bonds is 7. The third-order valence-electron chi connectivity index (χ3n) is 4.72. The van der Waals surface area contributed by atoms with Crippen LogP contribution in [0.25, 0.3) is 16.3 Å². The number of thiazole rings is 1. The lowest BCUT2D eigenvalue weighted by molar-refractivity contribution is -0.113. The van der Waals surface area contributed by atoms with Gasteiger partial charge in [0.15, 0.2) is 16.3 Å². The summed E-state index contributed by atoms with van der Waals surface area (Å²) in [7, 11) is 4.63. The molecule has 1 heterocycles. The van der Waals surface area contributed by atoms with E-state index < -0.39 is 0 Å². The number of fused-ring (bicyclic) bond motifs is 1. The Balaban J connectivity index is 1.97. The first kappa shape index (κ1) is 22.2. The van der Waals surface area contributed by atoms with Crippen molar-refractivity contribution < 1.29 is 19.0 Å². The fraction of sp³-hybridized carbons (Fsp3) is 0.250. The van der Waals surface area contributed by atoms with Gasteiger partial charge in [0.1, 0.15) is 0 Å². The summed E-state index contributed by atoms with van der Waals surface area (Å²) in [6.07, 6.45) is 9.54. The Hall–Kier alpha value is -3.50. The lowest BCUT2D eigenvalue weighted by atomic mass is 10.1. The van der Waals surface area contributed by atoms with Crippen LogP contribution < -0.4 is 19.0 Å². The molecule has 0 aliphatic heterocycles. The molecule has 3 aromatic rings. The average molecular weight is 437 g/mol. The highest BCUT2D eigenvalue weighted by Crippen LogP contribution is 2.38. The van der Waals surface area contributed by atoms with Crippen LogP contribution in [0.5, 0.6) is 17.2 Å². The van der Waals surface area contributed by atoms with Crippen LogP contribution in [0.1, 0.15) is 18.1 Å². The quantitative estimate of drug-likeness (QED) is 0.414. The number of aromatic nitrogens is 1. The minimum absolute atomic E-state index is 0.341. The molecule has 0 spiro atoms. The van der Waals surface area contributed by atoms with E-state index in [0.29, 0.717) is 28.6 Å². The number of carbonyl (C=O) groups is 1. The summed E-state index contributed by atoms with van der Waals surface area (Å²) in [5.41, 5.74) is 2.92. The molecule has 0 aliphatic carbocycles. The molecule has 0 N–H and O–H groups in total. The summed E-state index contributed by atoms with van der Waals surface area (Å²) in [4.78, 5) is 17.4. The molecule has 0 aliphatic rings. The molecule has 0 saturated heterocycles. The number of aryl methyl sites for hydroxylation is 1. The van der Waals surface area contributed by atoms with Crippen LogP contribution in [-0.2, 0) is 17.8 Å². The second-order valence-electron chi connectivity index (χ2n) is 6.57. The molecular weight excluding hydrogens is 412 g/mol. The zero-order valence-electron chi connectivity index (χ0n) is 18.0. The molecule has 3 rings (SSSR count). The van der Waals surface area contributed by atoms with Gasteiger partial charge in [-0.1, -0.05) is 30.2 Å². The lowest BCUT2D eigenvalue weighted by Gasteiger charge is -2.12. The number of ether oxygens (including phenoxy) is 3. The Bertz CT molecular complexity index is 1220. The molecule has 1 amide bonds. The predicted molar refractivity (Wildman–Crippen MR) is 124 cm³/mol. The van der Waals surface area contributed by atoms with Crippen LogP contribution in [0, 0.1) is 12.3 Å². The molecule has 0 unspecified atom stereocenters. The fourth-order valence-corrected chi connectivity index (χ4v) is 4.26. The summed E-state index contributed by atoms with van der Waals surface area (Å²) < 4.78 is 19.0. The van der Waals surface area contributed by atoms with Gasteiger partial charge in [0, 0.05) is 6.08 Å². The first-order chi connectivity index (χ1) is 15.0. The highest BCUT2D eigenvalue weighted by Gasteiger charge is 2.12. The summed E-state index contributed by atoms with van der Waals surface area (Å²) in [5.74, 6) is 3.76. The number of carbonyl (C=O) groups excluding carboxylic acids is 1. The van der Waals surface area contributed by atoms with Crippen molar-refractivity contribution in [3.8, 4) is 29.6 Å². The van der Waals surface area contributed by atoms with E-state index in [1.807, 2.05) is 10.6 Å². The smallest absolute Gasteiger partial charge is 0.272 e. The number of benzene rings is 2. The molecule has 0 radical (unpaired) electrons. The summed E-state index contributed by atoms with van der Waals surface area (Å²) >= 11 is 1.45. The first-order valence-corrected chi connectivity index (χ1v) is 10.5. The van der Waals surface area contributed by atoms with Crippen molar-refractivity contribution in [1.29, 1.82) is 0 Å². The third kappa shape index (κ3) is 4.81. The monoisotopic (exact) mass is 436 g/mol. The summed E-state index contributed by atoms with van der Waals surface area (Å²) in [6.45, 7) is 2.45. The van der Waals surface area contributed by atoms with E-state index in [4.69, 9.17) is 20.6 Å². The predicted octanol–water partition coefficient (Wildman–Crippen LogP) is 4.06. The van der Waals surface area contributed by atoms with Gasteiger partial charge in [-0.15, -0.1) is 6.42 Å². The fourth-order valence-electron chi connectivity index (χ4n) is 3.16. The van der Waals surface area contributed by atoms with Crippen molar-refractivity contribution in [2.75, 3.05) is 21.3 Å². The van der Waals surface area contributed by atoms with Gasteiger partial charge in [-0.05, 0) is 47.9 Å². The molecule has 0 fully saturated rings. The van der Waals surface area contributed by atoms with Crippen molar-refractivity contribution >= 4 is 33.5 Å². The molecule has 160 valence electrons. The average Bonchev–Trinajstić information content (AvgIpc) is 3.12. The number of amides is 1. The SMILES string of the molecule is C#CCn1c(=NC(=O)/C=C\c2cc(OC)c(OC)c(OC)c2)sc2cc(CC)ccc21. The van der Waals surface area contributed by atoms with E-state index in [2.05, 4.69) is 30.0 Å². The molecule has 6 nitrogen and oxygen atoms in total. The van der Waals surface area contributed by atoms with Crippen LogP contribution >= 0.6 is 11.3 Å². The Kier molecular flexibility index (Phi) is 7.16. The zero-order valence-corrected chi connectivity index (χ0v) is 18.8. The third-order valence-corrected chi connectivity index (χ3v) is 5.76. The van der Waals surface area contributed by atoms with E-state index in [0.717, 1.165) is 22.2 Å². The molecule has 0 bridgehead atoms. The first-order valence-electron chi connectivity index (χ1n) is 9.67. The maximum Gasteiger partial charge on any atom is 0.272 e. The molecule has 7 heteroatoms. The van der Waals surface area contributed by atoms with Crippen molar-refractivity contribution in [3.63, 3.8) is 0 Å². The van der Waals surface area contributed by atoms with Gasteiger partial charge in [-0.3, -0.25) is 4.79 Å². The summed E-state index contributed by atoms with van der Waals surface area (Å²) in [6, 6.07) is 9.72. The van der Waals surface area contributed by atoms with Crippen LogP contribution in [0.3, 0.4) is 0 Å². The van der Waals surface area contributed by atoms with E-state index in [1.165, 1.54) is 30.1 Å². The highest BCUT2D eigenvalue weighted by atomic mass is 32.1. The zero-order chi connectivity index (χ0) is 22.4. The molecule has 0 atom stereocenters. The normalized spacial score (nSPS) is 11.6. The molecule has 31 heavy (non-hydrogen) atoms. The standard InChI is InChI=1S/C24H24N2O4S/c1-6-12-26-18-10-8-16(7-2)15-21(18)31-24(26)25-22(27)11-9-17-13-19(28-3)23(30-5)20(14-17)29-4/h1,8-11,13-15H,7,12H2,2-5H3/b11-9-,25-24?. The number of methoxy groups -OCH3 is 3. The van der Waals surface area contributed by atoms with Crippen LogP contribution in [0.15, 0.2) is 41.4 Å². The Morgan fingerprint density at radius 1 is 1.16 bits per heavy atom. The van der Waals surface area contributed by atoms with Crippen molar-refractivity contribution in [1.82, 2.24) is 4.57 Å². The Morgan fingerprint density at radius 2 is 1.87 bits per heavy atom. The van der Waals surface area contributed by atoms with Gasteiger partial charge in [0.05, 0.1) is 38.1 Å². The number of hydrogen-bond acceptors (Lipinski definition) is 5. The lowest BCUT2D eigenvalue weighted by Crippen LogP contribution is -2.15. The van der Waals surface area contributed by atoms with E-state index in [9.17, 15) is 4.79 Å². The van der Waals surface area contributed by atoms with Crippen molar-refractivity contribution in [2.24, 2.45) is 4.99 Å². The van der Waals surface area contributed by atoms with Gasteiger partial charge in [0.25, 0.3) is 5.91 Å².